The molecule has 1 aromatic carbocycles. The first-order chi connectivity index (χ1) is 12.2. The summed E-state index contributed by atoms with van der Waals surface area (Å²) < 4.78 is 6.77. The molecule has 0 radical (unpaired) electrons. The quantitative estimate of drug-likeness (QED) is 0.669. The maximum absolute atomic E-state index is 12.8. The number of hydrogen-bond acceptors (Lipinski definition) is 5. The van der Waals surface area contributed by atoms with Gasteiger partial charge in [-0.25, -0.2) is 0 Å². The summed E-state index contributed by atoms with van der Waals surface area (Å²) in [5.74, 6) is 0.879. The Hall–Kier alpha value is -2.54. The maximum atomic E-state index is 12.8. The molecule has 7 heteroatoms. The molecular weight excluding hydrogens is 384 g/mol. The highest BCUT2D eigenvalue weighted by atomic mass is 79.9. The van der Waals surface area contributed by atoms with Gasteiger partial charge in [0.1, 0.15) is 6.04 Å². The molecule has 6 nitrogen and oxygen atoms in total. The van der Waals surface area contributed by atoms with Crippen molar-refractivity contribution in [1.29, 1.82) is 0 Å². The molecule has 3 aromatic rings. The van der Waals surface area contributed by atoms with E-state index in [0.717, 1.165) is 22.9 Å². The van der Waals surface area contributed by atoms with E-state index < -0.39 is 0 Å². The van der Waals surface area contributed by atoms with Crippen molar-refractivity contribution in [3.05, 3.63) is 64.7 Å². The summed E-state index contributed by atoms with van der Waals surface area (Å²) in [6, 6.07) is 10.9. The van der Waals surface area contributed by atoms with E-state index in [4.69, 9.17) is 4.42 Å². The van der Waals surface area contributed by atoms with Gasteiger partial charge in [-0.15, -0.1) is 10.2 Å². The molecule has 0 saturated carbocycles. The van der Waals surface area contributed by atoms with Crippen LogP contribution in [0.25, 0.3) is 11.5 Å². The third-order valence-corrected chi connectivity index (χ3v) is 4.77. The van der Waals surface area contributed by atoms with E-state index >= 15 is 0 Å². The Morgan fingerprint density at radius 3 is 2.80 bits per heavy atom. The molecule has 1 amide bonds. The second-order valence-corrected chi connectivity index (χ2v) is 6.77. The van der Waals surface area contributed by atoms with Crippen LogP contribution in [-0.4, -0.2) is 32.5 Å². The lowest BCUT2D eigenvalue weighted by molar-refractivity contribution is 0.0716. The lowest BCUT2D eigenvalue weighted by atomic mass is 10.1. The van der Waals surface area contributed by atoms with E-state index in [2.05, 4.69) is 31.1 Å². The number of pyridine rings is 1. The van der Waals surface area contributed by atoms with Crippen molar-refractivity contribution in [1.82, 2.24) is 20.1 Å². The topological polar surface area (TPSA) is 72.1 Å². The Morgan fingerprint density at radius 2 is 2.04 bits per heavy atom. The number of aromatic nitrogens is 3. The zero-order valence-corrected chi connectivity index (χ0v) is 14.9. The van der Waals surface area contributed by atoms with Crippen molar-refractivity contribution in [2.75, 3.05) is 6.54 Å². The minimum atomic E-state index is -0.186. The fourth-order valence-corrected chi connectivity index (χ4v) is 3.26. The van der Waals surface area contributed by atoms with E-state index in [-0.39, 0.29) is 11.9 Å². The fraction of sp³-hybridized carbons (Fsp3) is 0.222. The molecule has 25 heavy (non-hydrogen) atoms. The highest BCUT2D eigenvalue weighted by molar-refractivity contribution is 9.10. The maximum Gasteiger partial charge on any atom is 0.254 e. The van der Waals surface area contributed by atoms with Crippen molar-refractivity contribution in [2.24, 2.45) is 0 Å². The summed E-state index contributed by atoms with van der Waals surface area (Å²) in [6.07, 6.45) is 5.10. The van der Waals surface area contributed by atoms with Crippen molar-refractivity contribution in [3.8, 4) is 11.5 Å². The minimum Gasteiger partial charge on any atom is -0.418 e. The second kappa shape index (κ2) is 6.76. The Bertz CT molecular complexity index is 880. The number of hydrogen-bond donors (Lipinski definition) is 0. The molecular formula is C18H15BrN4O2. The van der Waals surface area contributed by atoms with Gasteiger partial charge < -0.3 is 9.32 Å². The second-order valence-electron chi connectivity index (χ2n) is 5.85. The van der Waals surface area contributed by atoms with E-state index in [1.165, 1.54) is 0 Å². The highest BCUT2D eigenvalue weighted by Gasteiger charge is 2.34. The van der Waals surface area contributed by atoms with Crippen molar-refractivity contribution >= 4 is 21.8 Å². The van der Waals surface area contributed by atoms with Crippen LogP contribution in [0.4, 0.5) is 0 Å². The van der Waals surface area contributed by atoms with E-state index in [0.29, 0.717) is 23.9 Å². The molecule has 1 saturated heterocycles. The minimum absolute atomic E-state index is 0.0175. The van der Waals surface area contributed by atoms with Gasteiger partial charge in [0.15, 0.2) is 0 Å². The number of carbonyl (C=O) groups is 1. The van der Waals surface area contributed by atoms with Crippen molar-refractivity contribution in [3.63, 3.8) is 0 Å². The predicted octanol–water partition coefficient (Wildman–Crippen LogP) is 3.87. The Kier molecular flexibility index (Phi) is 4.31. The third kappa shape index (κ3) is 3.19. The Balaban J connectivity index is 1.58. The molecule has 0 spiro atoms. The van der Waals surface area contributed by atoms with Gasteiger partial charge in [-0.2, -0.15) is 0 Å². The number of likely N-dealkylation sites (tertiary alicyclic amines) is 1. The zero-order chi connectivity index (χ0) is 17.2. The molecule has 0 bridgehead atoms. The molecule has 1 atom stereocenters. The van der Waals surface area contributed by atoms with Gasteiger partial charge in [0.2, 0.25) is 11.8 Å². The summed E-state index contributed by atoms with van der Waals surface area (Å²) in [7, 11) is 0. The molecule has 4 rings (SSSR count). The van der Waals surface area contributed by atoms with E-state index in [1.54, 1.807) is 12.4 Å². The highest BCUT2D eigenvalue weighted by Crippen LogP contribution is 2.33. The normalized spacial score (nSPS) is 17.0. The summed E-state index contributed by atoms with van der Waals surface area (Å²) in [5, 5.41) is 8.28. The Labute approximate surface area is 153 Å². The molecule has 0 aliphatic carbocycles. The summed E-state index contributed by atoms with van der Waals surface area (Å²) in [5.41, 5.74) is 1.42. The van der Waals surface area contributed by atoms with Crippen LogP contribution in [0.15, 0.2) is 57.7 Å². The van der Waals surface area contributed by atoms with Gasteiger partial charge in [-0.05, 0) is 49.2 Å². The number of halogens is 1. The smallest absolute Gasteiger partial charge is 0.254 e. The van der Waals surface area contributed by atoms with Crippen LogP contribution in [0.2, 0.25) is 0 Å². The zero-order valence-electron chi connectivity index (χ0n) is 13.3. The molecule has 3 heterocycles. The summed E-state index contributed by atoms with van der Waals surface area (Å²) in [6.45, 7) is 0.685. The molecule has 126 valence electrons. The fourth-order valence-electron chi connectivity index (χ4n) is 3.00. The third-order valence-electron chi connectivity index (χ3n) is 4.24. The van der Waals surface area contributed by atoms with Gasteiger partial charge >= 0.3 is 0 Å². The first kappa shape index (κ1) is 16.0. The van der Waals surface area contributed by atoms with Crippen LogP contribution >= 0.6 is 15.9 Å². The van der Waals surface area contributed by atoms with Gasteiger partial charge in [-0.3, -0.25) is 9.78 Å². The summed E-state index contributed by atoms with van der Waals surface area (Å²) >= 11 is 3.39. The van der Waals surface area contributed by atoms with Crippen LogP contribution in [0, 0.1) is 0 Å². The molecule has 0 N–H and O–H groups in total. The van der Waals surface area contributed by atoms with Gasteiger partial charge in [0.25, 0.3) is 5.91 Å². The molecule has 1 aliphatic heterocycles. The van der Waals surface area contributed by atoms with Gasteiger partial charge in [0, 0.05) is 29.0 Å². The average Bonchev–Trinajstić information content (AvgIpc) is 3.32. The first-order valence-corrected chi connectivity index (χ1v) is 8.82. The van der Waals surface area contributed by atoms with E-state index in [9.17, 15) is 4.79 Å². The van der Waals surface area contributed by atoms with Gasteiger partial charge in [0.05, 0.1) is 5.56 Å². The van der Waals surface area contributed by atoms with Crippen LogP contribution in [-0.2, 0) is 0 Å². The summed E-state index contributed by atoms with van der Waals surface area (Å²) in [4.78, 5) is 18.7. The number of benzene rings is 1. The van der Waals surface area contributed by atoms with Gasteiger partial charge in [-0.1, -0.05) is 15.9 Å². The Morgan fingerprint density at radius 1 is 1.20 bits per heavy atom. The average molecular weight is 399 g/mol. The molecule has 2 aromatic heterocycles. The predicted molar refractivity (Wildman–Crippen MR) is 94.7 cm³/mol. The largest absolute Gasteiger partial charge is 0.418 e. The SMILES string of the molecule is O=C(c1ccc(Br)cc1)N1CCCC1c1nnc(-c2cccnc2)o1. The standard InChI is InChI=1S/C18H15BrN4O2/c19-14-7-5-12(6-8-14)18(24)23-10-2-4-15(23)17-22-21-16(25-17)13-3-1-9-20-11-13/h1,3,5-9,11,15H,2,4,10H2. The van der Waals surface area contributed by atoms with Crippen LogP contribution < -0.4 is 0 Å². The lowest BCUT2D eigenvalue weighted by Crippen LogP contribution is -2.30. The number of carbonyl (C=O) groups excluding carboxylic acids is 1. The molecule has 1 unspecified atom stereocenters. The number of nitrogens with zero attached hydrogens (tertiary/aromatic N) is 4. The molecule has 1 fully saturated rings. The van der Waals surface area contributed by atoms with E-state index in [1.807, 2.05) is 41.3 Å². The number of rotatable bonds is 3. The van der Waals surface area contributed by atoms with Crippen molar-refractivity contribution in [2.45, 2.75) is 18.9 Å². The monoisotopic (exact) mass is 398 g/mol. The first-order valence-electron chi connectivity index (χ1n) is 8.03. The van der Waals surface area contributed by atoms with Crippen LogP contribution in [0.3, 0.4) is 0 Å². The van der Waals surface area contributed by atoms with Crippen LogP contribution in [0.1, 0.15) is 35.1 Å². The molecule has 1 aliphatic rings. The van der Waals surface area contributed by atoms with Crippen LogP contribution in [0.5, 0.6) is 0 Å². The number of amides is 1. The lowest BCUT2D eigenvalue weighted by Gasteiger charge is -2.22. The van der Waals surface area contributed by atoms with Crippen molar-refractivity contribution < 1.29 is 9.21 Å².